The van der Waals surface area contributed by atoms with Crippen molar-refractivity contribution in [2.24, 2.45) is 0 Å². The molecule has 4 unspecified atom stereocenters. The number of alkyl halides is 6. The first-order chi connectivity index (χ1) is 38.6. The Labute approximate surface area is 477 Å². The highest BCUT2D eigenvalue weighted by Crippen LogP contribution is 2.41. The third-order valence-electron chi connectivity index (χ3n) is 13.7. The van der Waals surface area contributed by atoms with E-state index in [1.165, 1.54) is 43.2 Å². The number of halogens is 8. The van der Waals surface area contributed by atoms with E-state index in [0.717, 1.165) is 48.2 Å². The van der Waals surface area contributed by atoms with Crippen LogP contribution in [0.3, 0.4) is 0 Å². The molecule has 1 N–H and O–H groups in total. The fraction of sp³-hybridized carbons (Fsp3) is 0.393. The number of hydrogen-bond acceptors (Lipinski definition) is 14. The van der Waals surface area contributed by atoms with Crippen molar-refractivity contribution in [3.8, 4) is 35.0 Å². The number of carbonyl (C=O) groups is 4. The molecule has 26 heteroatoms. The maximum atomic E-state index is 14.0. The standard InChI is InChI=1S/C28H28ClF3N4O5.C27H26ClF3N4O5.CH4/c1-3-4-12-34-25(37)22-14-21(39-2)16-35(22)24-23(26(34)38)36(15-17-8-10-18(29)11-9-17)27(33-24)40-19-6-5-7-20(13-19)41-28(30,31)32;1-2-3-11-33-24(37)21-12-18(36)15-34(21)23-22(25(33)38)35(14-16-7-9-17(28)10-8-16)26(32-23)39-19-5-4-6-20(13-19)40-27(29,30)31;/h5-11,13,21-22H,3-4,12,14-16H2,1-2H3;4-10,13,18,21,36H,2-3,11-12,14-15H2,1H3;1H4. The van der Waals surface area contributed by atoms with Gasteiger partial charge in [-0.1, -0.05) is 93.7 Å². The number of aliphatic hydroxyl groups is 1. The van der Waals surface area contributed by atoms with Gasteiger partial charge in [0.05, 0.1) is 25.3 Å². The largest absolute Gasteiger partial charge is 0.573 e. The zero-order valence-corrected chi connectivity index (χ0v) is 45.3. The number of imidazole rings is 2. The molecule has 10 rings (SSSR count). The molecule has 4 aliphatic rings. The Morgan fingerprint density at radius 3 is 1.40 bits per heavy atom. The zero-order valence-electron chi connectivity index (χ0n) is 43.8. The summed E-state index contributed by atoms with van der Waals surface area (Å²) in [7, 11) is 1.56. The summed E-state index contributed by atoms with van der Waals surface area (Å²) < 4.78 is 106. The number of anilines is 2. The van der Waals surface area contributed by atoms with Gasteiger partial charge in [0.25, 0.3) is 23.6 Å². The second kappa shape index (κ2) is 25.3. The van der Waals surface area contributed by atoms with Crippen LogP contribution in [0.1, 0.15) is 91.9 Å². The molecule has 6 heterocycles. The van der Waals surface area contributed by atoms with Crippen LogP contribution in [0.25, 0.3) is 0 Å². The van der Waals surface area contributed by atoms with Crippen molar-refractivity contribution in [3.05, 3.63) is 130 Å². The van der Waals surface area contributed by atoms with Crippen LogP contribution in [0, 0.1) is 0 Å². The molecular weight excluding hydrogens is 1130 g/mol. The molecule has 2 saturated heterocycles. The number of imide groups is 2. The van der Waals surface area contributed by atoms with E-state index in [1.807, 2.05) is 13.8 Å². The number of carbonyl (C=O) groups excluding carboxylic acids is 4. The van der Waals surface area contributed by atoms with Crippen LogP contribution >= 0.6 is 23.2 Å². The minimum Gasteiger partial charge on any atom is -0.425 e. The molecule has 82 heavy (non-hydrogen) atoms. The molecule has 2 aromatic heterocycles. The van der Waals surface area contributed by atoms with E-state index in [-0.39, 0.29) is 105 Å². The van der Waals surface area contributed by atoms with Crippen molar-refractivity contribution in [2.45, 2.75) is 110 Å². The lowest BCUT2D eigenvalue weighted by atomic mass is 10.1. The molecule has 0 radical (unpaired) electrons. The Bertz CT molecular complexity index is 3270. The minimum atomic E-state index is -4.89. The fourth-order valence-corrected chi connectivity index (χ4v) is 10.2. The average Bonchev–Trinajstić information content (AvgIpc) is 4.38. The third-order valence-corrected chi connectivity index (χ3v) is 14.2. The van der Waals surface area contributed by atoms with Crippen molar-refractivity contribution in [3.63, 3.8) is 0 Å². The number of nitrogens with zero attached hydrogens (tertiary/aromatic N) is 8. The Morgan fingerprint density at radius 2 is 1.00 bits per heavy atom. The predicted octanol–water partition coefficient (Wildman–Crippen LogP) is 11.3. The molecule has 6 aromatic rings. The van der Waals surface area contributed by atoms with Crippen LogP contribution in [0.4, 0.5) is 38.0 Å². The number of aromatic nitrogens is 4. The second-order valence-electron chi connectivity index (χ2n) is 19.4. The molecule has 0 spiro atoms. The van der Waals surface area contributed by atoms with Crippen molar-refractivity contribution in [2.75, 3.05) is 43.1 Å². The molecule has 4 aromatic carbocycles. The second-order valence-corrected chi connectivity index (χ2v) is 20.3. The number of amides is 4. The van der Waals surface area contributed by atoms with Gasteiger partial charge in [0.1, 0.15) is 35.1 Å². The van der Waals surface area contributed by atoms with E-state index < -0.39 is 60.1 Å². The summed E-state index contributed by atoms with van der Waals surface area (Å²) in [5.41, 5.74) is 1.70. The van der Waals surface area contributed by atoms with Crippen LogP contribution < -0.4 is 28.7 Å². The van der Waals surface area contributed by atoms with Crippen molar-refractivity contribution in [1.82, 2.24) is 28.9 Å². The summed E-state index contributed by atoms with van der Waals surface area (Å²) >= 11 is 12.1. The number of methoxy groups -OCH3 is 1. The van der Waals surface area contributed by atoms with Gasteiger partial charge in [-0.2, -0.15) is 9.97 Å². The lowest BCUT2D eigenvalue weighted by Gasteiger charge is -2.24. The third kappa shape index (κ3) is 13.7. The van der Waals surface area contributed by atoms with Gasteiger partial charge in [-0.05, 0) is 72.5 Å². The van der Waals surface area contributed by atoms with Crippen LogP contribution in [0.5, 0.6) is 35.0 Å². The fourth-order valence-electron chi connectivity index (χ4n) is 9.93. The number of ether oxygens (including phenoxy) is 5. The van der Waals surface area contributed by atoms with Gasteiger partial charge in [-0.3, -0.25) is 38.1 Å². The first kappa shape index (κ1) is 60.6. The van der Waals surface area contributed by atoms with Gasteiger partial charge in [-0.15, -0.1) is 26.3 Å². The SMILES string of the molecule is C.CCCCN1C(=O)c2c(nc(Oc3cccc(OC(F)(F)F)c3)n2Cc2ccc(Cl)cc2)N2CC(O)CC2C1=O.CCCCN1C(=O)c2c(nc(Oc3cccc(OC(F)(F)F)c3)n2Cc2ccc(Cl)cc2)N2CC(OC)CC2C1=O. The zero-order chi connectivity index (χ0) is 57.9. The molecule has 4 amide bonds. The van der Waals surface area contributed by atoms with E-state index in [2.05, 4.69) is 19.4 Å². The summed E-state index contributed by atoms with van der Waals surface area (Å²) in [6.07, 6.45) is -7.63. The van der Waals surface area contributed by atoms with Gasteiger partial charge in [0.2, 0.25) is 0 Å². The molecule has 0 bridgehead atoms. The van der Waals surface area contributed by atoms with Gasteiger partial charge in [0.15, 0.2) is 23.0 Å². The predicted molar refractivity (Wildman–Crippen MR) is 289 cm³/mol. The number of aliphatic hydroxyl groups excluding tert-OH is 1. The van der Waals surface area contributed by atoms with Gasteiger partial charge >= 0.3 is 24.7 Å². The first-order valence-corrected chi connectivity index (χ1v) is 26.6. The number of hydrogen-bond donors (Lipinski definition) is 1. The van der Waals surface area contributed by atoms with E-state index in [1.54, 1.807) is 65.4 Å². The lowest BCUT2D eigenvalue weighted by molar-refractivity contribution is -0.275. The molecule has 18 nitrogen and oxygen atoms in total. The smallest absolute Gasteiger partial charge is 0.425 e. The number of benzene rings is 4. The molecule has 0 saturated carbocycles. The highest BCUT2D eigenvalue weighted by molar-refractivity contribution is 6.30. The van der Waals surface area contributed by atoms with Crippen LogP contribution in [0.15, 0.2) is 97.1 Å². The maximum Gasteiger partial charge on any atom is 0.573 e. The Morgan fingerprint density at radius 1 is 0.598 bits per heavy atom. The number of unbranched alkanes of at least 4 members (excludes halogenated alkanes) is 2. The van der Waals surface area contributed by atoms with Crippen molar-refractivity contribution >= 4 is 58.5 Å². The highest BCUT2D eigenvalue weighted by atomic mass is 35.5. The van der Waals surface area contributed by atoms with E-state index in [0.29, 0.717) is 35.9 Å². The number of fused-ring (bicyclic) bond motifs is 6. The molecular formula is C56H58Cl2F6N8O10. The summed E-state index contributed by atoms with van der Waals surface area (Å²) in [5.74, 6) is -2.37. The summed E-state index contributed by atoms with van der Waals surface area (Å²) in [6.45, 7) is 4.91. The minimum absolute atomic E-state index is 0. The molecule has 0 aliphatic carbocycles. The van der Waals surface area contributed by atoms with E-state index >= 15 is 0 Å². The average molecular weight is 1190 g/mol. The molecule has 438 valence electrons. The van der Waals surface area contributed by atoms with E-state index in [9.17, 15) is 50.6 Å². The maximum absolute atomic E-state index is 14.0. The number of rotatable bonds is 17. The van der Waals surface area contributed by atoms with Crippen LogP contribution in [-0.2, 0) is 27.4 Å². The Hall–Kier alpha value is -7.54. The summed E-state index contributed by atoms with van der Waals surface area (Å²) in [4.78, 5) is 70.1. The van der Waals surface area contributed by atoms with Gasteiger partial charge in [0, 0.05) is 68.3 Å². The van der Waals surface area contributed by atoms with Gasteiger partial charge in [-0.25, -0.2) is 0 Å². The summed E-state index contributed by atoms with van der Waals surface area (Å²) in [5, 5.41) is 11.5. The molecule has 4 aliphatic heterocycles. The van der Waals surface area contributed by atoms with Crippen LogP contribution in [0.2, 0.25) is 10.0 Å². The monoisotopic (exact) mass is 1190 g/mol. The quantitative estimate of drug-likeness (QED) is 0.0672. The van der Waals surface area contributed by atoms with Crippen molar-refractivity contribution in [1.29, 1.82) is 0 Å². The first-order valence-electron chi connectivity index (χ1n) is 25.8. The van der Waals surface area contributed by atoms with Crippen LogP contribution in [-0.4, -0.2) is 128 Å². The normalized spacial score (nSPS) is 18.6. The van der Waals surface area contributed by atoms with E-state index in [4.69, 9.17) is 37.4 Å². The highest BCUT2D eigenvalue weighted by Gasteiger charge is 2.49. The lowest BCUT2D eigenvalue weighted by Crippen LogP contribution is -2.46. The Kier molecular flexibility index (Phi) is 18.7. The van der Waals surface area contributed by atoms with Gasteiger partial charge < -0.3 is 38.6 Å². The molecule has 4 atom stereocenters. The summed E-state index contributed by atoms with van der Waals surface area (Å²) in [6, 6.07) is 22.2. The Balaban J connectivity index is 0.000000212. The molecule has 2 fully saturated rings. The van der Waals surface area contributed by atoms with Crippen molar-refractivity contribution < 1.29 is 74.3 Å². The topological polar surface area (TPSA) is 183 Å².